The number of fused-ring (bicyclic) bond motifs is 1. The van der Waals surface area contributed by atoms with Crippen molar-refractivity contribution in [1.29, 1.82) is 0 Å². The van der Waals surface area contributed by atoms with E-state index in [0.717, 1.165) is 10.3 Å². The largest absolute Gasteiger partial charge is 0.330 e. The first-order valence-corrected chi connectivity index (χ1v) is 9.02. The second kappa shape index (κ2) is 5.46. The fourth-order valence-corrected chi connectivity index (χ4v) is 4.93. The summed E-state index contributed by atoms with van der Waals surface area (Å²) in [5.41, 5.74) is 7.23. The minimum Gasteiger partial charge on any atom is -0.330 e. The Morgan fingerprint density at radius 3 is 2.81 bits per heavy atom. The van der Waals surface area contributed by atoms with Gasteiger partial charge in [0.15, 0.2) is 0 Å². The van der Waals surface area contributed by atoms with Gasteiger partial charge in [-0.3, -0.25) is 0 Å². The Morgan fingerprint density at radius 2 is 2.10 bits per heavy atom. The maximum Gasteiger partial charge on any atom is 0.268 e. The van der Waals surface area contributed by atoms with E-state index in [1.807, 2.05) is 11.4 Å². The van der Waals surface area contributed by atoms with Gasteiger partial charge in [0.2, 0.25) is 0 Å². The standard InChI is InChI=1S/C14H13ClN2O2S2/c15-11-2-1-3-12(8-11)21(18,19)17-9-10(4-6-16)14-13(17)5-7-20-14/h1-3,5,7-9H,4,6,16H2. The van der Waals surface area contributed by atoms with Crippen molar-refractivity contribution in [2.24, 2.45) is 5.73 Å². The van der Waals surface area contributed by atoms with Crippen LogP contribution in [0, 0.1) is 0 Å². The second-order valence-corrected chi connectivity index (χ2v) is 7.75. The van der Waals surface area contributed by atoms with Crippen LogP contribution in [0.25, 0.3) is 10.2 Å². The highest BCUT2D eigenvalue weighted by atomic mass is 35.5. The molecule has 0 amide bonds. The number of benzene rings is 1. The lowest BCUT2D eigenvalue weighted by molar-refractivity contribution is 0.589. The van der Waals surface area contributed by atoms with Crippen LogP contribution in [0.3, 0.4) is 0 Å². The van der Waals surface area contributed by atoms with Gasteiger partial charge >= 0.3 is 0 Å². The number of nitrogens with two attached hydrogens (primary N) is 1. The summed E-state index contributed by atoms with van der Waals surface area (Å²) in [4.78, 5) is 0.178. The Bertz CT molecular complexity index is 897. The summed E-state index contributed by atoms with van der Waals surface area (Å²) >= 11 is 7.42. The lowest BCUT2D eigenvalue weighted by Crippen LogP contribution is -2.11. The first-order chi connectivity index (χ1) is 10.0. The van der Waals surface area contributed by atoms with Crippen LogP contribution in [0.4, 0.5) is 0 Å². The summed E-state index contributed by atoms with van der Waals surface area (Å²) in [6.45, 7) is 0.480. The average molecular weight is 341 g/mol. The van der Waals surface area contributed by atoms with Crippen LogP contribution in [0.1, 0.15) is 5.56 Å². The summed E-state index contributed by atoms with van der Waals surface area (Å²) in [7, 11) is -3.66. The third kappa shape index (κ3) is 2.48. The van der Waals surface area contributed by atoms with Crippen molar-refractivity contribution in [2.75, 3.05) is 6.54 Å². The molecule has 0 bridgehead atoms. The molecule has 0 aliphatic heterocycles. The van der Waals surface area contributed by atoms with Gasteiger partial charge in [-0.1, -0.05) is 17.7 Å². The number of rotatable bonds is 4. The van der Waals surface area contributed by atoms with E-state index in [9.17, 15) is 8.42 Å². The summed E-state index contributed by atoms with van der Waals surface area (Å²) in [5.74, 6) is 0. The molecule has 0 saturated carbocycles. The number of halogens is 1. The Morgan fingerprint density at radius 1 is 1.29 bits per heavy atom. The van der Waals surface area contributed by atoms with Gasteiger partial charge in [-0.25, -0.2) is 12.4 Å². The molecule has 0 aliphatic carbocycles. The van der Waals surface area contributed by atoms with Gasteiger partial charge in [-0.15, -0.1) is 11.3 Å². The van der Waals surface area contributed by atoms with Gasteiger partial charge in [0, 0.05) is 11.2 Å². The van der Waals surface area contributed by atoms with Gasteiger partial charge in [0.05, 0.1) is 15.1 Å². The van der Waals surface area contributed by atoms with Crippen molar-refractivity contribution in [2.45, 2.75) is 11.3 Å². The van der Waals surface area contributed by atoms with E-state index in [1.54, 1.807) is 24.4 Å². The molecule has 2 aromatic heterocycles. The van der Waals surface area contributed by atoms with Crippen LogP contribution >= 0.6 is 22.9 Å². The molecule has 0 saturated heterocycles. The summed E-state index contributed by atoms with van der Waals surface area (Å²) < 4.78 is 27.9. The molecular formula is C14H13ClN2O2S2. The van der Waals surface area contributed by atoms with E-state index in [1.165, 1.54) is 21.4 Å². The lowest BCUT2D eigenvalue weighted by atomic mass is 10.2. The number of nitrogens with zero attached hydrogens (tertiary/aromatic N) is 1. The summed E-state index contributed by atoms with van der Waals surface area (Å²) in [5, 5.41) is 2.28. The van der Waals surface area contributed by atoms with E-state index in [4.69, 9.17) is 17.3 Å². The molecule has 0 aliphatic rings. The zero-order valence-corrected chi connectivity index (χ0v) is 13.4. The maximum atomic E-state index is 12.8. The van der Waals surface area contributed by atoms with Crippen LogP contribution < -0.4 is 5.73 Å². The molecule has 7 heteroatoms. The monoisotopic (exact) mass is 340 g/mol. The number of aromatic nitrogens is 1. The van der Waals surface area contributed by atoms with Crippen molar-refractivity contribution >= 4 is 43.2 Å². The molecule has 2 heterocycles. The van der Waals surface area contributed by atoms with E-state index < -0.39 is 10.0 Å². The topological polar surface area (TPSA) is 65.1 Å². The predicted molar refractivity (Wildman–Crippen MR) is 86.6 cm³/mol. The number of hydrogen-bond donors (Lipinski definition) is 1. The highest BCUT2D eigenvalue weighted by Gasteiger charge is 2.21. The molecule has 21 heavy (non-hydrogen) atoms. The first kappa shape index (κ1) is 14.6. The van der Waals surface area contributed by atoms with Crippen LogP contribution in [-0.2, 0) is 16.4 Å². The molecule has 0 radical (unpaired) electrons. The molecule has 3 aromatic rings. The van der Waals surface area contributed by atoms with Gasteiger partial charge in [0.25, 0.3) is 10.0 Å². The third-order valence-electron chi connectivity index (χ3n) is 3.21. The van der Waals surface area contributed by atoms with Crippen molar-refractivity contribution in [3.8, 4) is 0 Å². The Labute approximate surface area is 131 Å². The molecule has 4 nitrogen and oxygen atoms in total. The maximum absolute atomic E-state index is 12.8. The zero-order valence-electron chi connectivity index (χ0n) is 11.0. The fraction of sp³-hybridized carbons (Fsp3) is 0.143. The molecule has 2 N–H and O–H groups in total. The Balaban J connectivity index is 2.22. The summed E-state index contributed by atoms with van der Waals surface area (Å²) in [6.07, 6.45) is 2.30. The molecule has 0 unspecified atom stereocenters. The smallest absolute Gasteiger partial charge is 0.268 e. The normalized spacial score (nSPS) is 12.1. The fourth-order valence-electron chi connectivity index (χ4n) is 2.26. The number of thiophene rings is 1. The van der Waals surface area contributed by atoms with Crippen LogP contribution in [0.15, 0.2) is 46.8 Å². The Hall–Kier alpha value is -1.34. The van der Waals surface area contributed by atoms with Gasteiger partial charge in [0.1, 0.15) is 0 Å². The van der Waals surface area contributed by atoms with Crippen molar-refractivity contribution in [1.82, 2.24) is 3.97 Å². The summed E-state index contributed by atoms with van der Waals surface area (Å²) in [6, 6.07) is 8.09. The van der Waals surface area contributed by atoms with E-state index in [-0.39, 0.29) is 4.90 Å². The van der Waals surface area contributed by atoms with Crippen LogP contribution in [-0.4, -0.2) is 18.9 Å². The minimum absolute atomic E-state index is 0.178. The van der Waals surface area contributed by atoms with Gasteiger partial charge < -0.3 is 5.73 Å². The highest BCUT2D eigenvalue weighted by molar-refractivity contribution is 7.90. The predicted octanol–water partition coefficient (Wildman–Crippen LogP) is 3.09. The van der Waals surface area contributed by atoms with Crippen molar-refractivity contribution in [3.05, 3.63) is 52.5 Å². The van der Waals surface area contributed by atoms with Crippen molar-refractivity contribution < 1.29 is 8.42 Å². The Kier molecular flexibility index (Phi) is 3.79. The van der Waals surface area contributed by atoms with Crippen LogP contribution in [0.5, 0.6) is 0 Å². The first-order valence-electron chi connectivity index (χ1n) is 6.32. The van der Waals surface area contributed by atoms with Crippen molar-refractivity contribution in [3.63, 3.8) is 0 Å². The van der Waals surface area contributed by atoms with Gasteiger partial charge in [-0.05, 0) is 48.2 Å². The molecule has 3 rings (SSSR count). The molecule has 0 fully saturated rings. The van der Waals surface area contributed by atoms with E-state index in [0.29, 0.717) is 23.5 Å². The minimum atomic E-state index is -3.66. The molecule has 0 atom stereocenters. The zero-order chi connectivity index (χ0) is 15.0. The average Bonchev–Trinajstić information content (AvgIpc) is 3.03. The highest BCUT2D eigenvalue weighted by Crippen LogP contribution is 2.30. The lowest BCUT2D eigenvalue weighted by Gasteiger charge is -2.07. The third-order valence-corrected chi connectivity index (χ3v) is 6.10. The van der Waals surface area contributed by atoms with E-state index >= 15 is 0 Å². The molecular weight excluding hydrogens is 328 g/mol. The quantitative estimate of drug-likeness (QED) is 0.793. The number of hydrogen-bond acceptors (Lipinski definition) is 4. The van der Waals surface area contributed by atoms with Crippen LogP contribution in [0.2, 0.25) is 5.02 Å². The van der Waals surface area contributed by atoms with Gasteiger partial charge in [-0.2, -0.15) is 0 Å². The molecule has 1 aromatic carbocycles. The molecule has 0 spiro atoms. The second-order valence-electron chi connectivity index (χ2n) is 4.59. The molecule has 110 valence electrons. The van der Waals surface area contributed by atoms with E-state index in [2.05, 4.69) is 0 Å². The SMILES string of the molecule is NCCc1cn(S(=O)(=O)c2cccc(Cl)c2)c2ccsc12.